The third-order valence-corrected chi connectivity index (χ3v) is 4.62. The van der Waals surface area contributed by atoms with Crippen LogP contribution in [0.25, 0.3) is 5.52 Å². The van der Waals surface area contributed by atoms with Gasteiger partial charge in [0.05, 0.1) is 29.6 Å². The summed E-state index contributed by atoms with van der Waals surface area (Å²) in [5, 5.41) is 0. The van der Waals surface area contributed by atoms with Gasteiger partial charge in [0.1, 0.15) is 17.8 Å². The van der Waals surface area contributed by atoms with Crippen molar-refractivity contribution in [1.82, 2.24) is 29.2 Å². The van der Waals surface area contributed by atoms with E-state index >= 15 is 0 Å². The molecule has 4 heterocycles. The largest absolute Gasteiger partial charge is 0.327 e. The number of rotatable bonds is 2. The van der Waals surface area contributed by atoms with E-state index in [1.807, 2.05) is 35.4 Å². The zero-order chi connectivity index (χ0) is 17.4. The van der Waals surface area contributed by atoms with Crippen molar-refractivity contribution in [3.05, 3.63) is 53.9 Å². The molecule has 0 unspecified atom stereocenters. The normalized spacial score (nSPS) is 17.8. The van der Waals surface area contributed by atoms with E-state index in [-0.39, 0.29) is 11.9 Å². The minimum atomic E-state index is -0.0891. The van der Waals surface area contributed by atoms with Crippen LogP contribution in [0, 0.1) is 13.8 Å². The second kappa shape index (κ2) is 6.23. The number of aromatic nitrogens is 5. The fourth-order valence-corrected chi connectivity index (χ4v) is 3.41. The molecule has 0 spiro atoms. The van der Waals surface area contributed by atoms with Gasteiger partial charge < -0.3 is 4.90 Å². The summed E-state index contributed by atoms with van der Waals surface area (Å²) in [5.74, 6) is 0.773. The topological polar surface area (TPSA) is 76.3 Å². The van der Waals surface area contributed by atoms with Gasteiger partial charge in [0.15, 0.2) is 0 Å². The lowest BCUT2D eigenvalue weighted by molar-refractivity contribution is 0.0591. The van der Waals surface area contributed by atoms with E-state index in [0.717, 1.165) is 42.0 Å². The van der Waals surface area contributed by atoms with Crippen LogP contribution in [0.15, 0.2) is 31.0 Å². The van der Waals surface area contributed by atoms with Crippen LogP contribution in [-0.2, 0) is 0 Å². The van der Waals surface area contributed by atoms with Gasteiger partial charge in [-0.2, -0.15) is 0 Å². The molecule has 0 aliphatic carbocycles. The molecule has 1 fully saturated rings. The van der Waals surface area contributed by atoms with E-state index in [4.69, 9.17) is 4.98 Å². The SMILES string of the molecule is Cc1cnc(C(=O)N2CCCC[C@H]2c2nc(C)cc3cncn23)cn1. The summed E-state index contributed by atoms with van der Waals surface area (Å²) in [6.07, 6.45) is 9.71. The third kappa shape index (κ3) is 2.86. The first-order chi connectivity index (χ1) is 12.1. The van der Waals surface area contributed by atoms with E-state index in [2.05, 4.69) is 15.0 Å². The highest BCUT2D eigenvalue weighted by atomic mass is 16.2. The number of imidazole rings is 1. The minimum Gasteiger partial charge on any atom is -0.327 e. The Morgan fingerprint density at radius 3 is 2.80 bits per heavy atom. The lowest BCUT2D eigenvalue weighted by atomic mass is 10.0. The van der Waals surface area contributed by atoms with E-state index < -0.39 is 0 Å². The molecular formula is C18H20N6O. The first-order valence-corrected chi connectivity index (χ1v) is 8.53. The predicted molar refractivity (Wildman–Crippen MR) is 92.1 cm³/mol. The summed E-state index contributed by atoms with van der Waals surface area (Å²) in [5.41, 5.74) is 3.10. The quantitative estimate of drug-likeness (QED) is 0.719. The maximum Gasteiger partial charge on any atom is 0.274 e. The Balaban J connectivity index is 1.75. The second-order valence-electron chi connectivity index (χ2n) is 6.50. The molecule has 1 aliphatic rings. The molecule has 0 bridgehead atoms. The fourth-order valence-electron chi connectivity index (χ4n) is 3.41. The van der Waals surface area contributed by atoms with E-state index in [9.17, 15) is 4.79 Å². The number of carbonyl (C=O) groups is 1. The maximum absolute atomic E-state index is 13.0. The number of likely N-dealkylation sites (tertiary alicyclic amines) is 1. The molecule has 128 valence electrons. The van der Waals surface area contributed by atoms with E-state index in [1.165, 1.54) is 0 Å². The number of carbonyl (C=O) groups excluding carboxylic acids is 1. The molecule has 0 saturated carbocycles. The average Bonchev–Trinajstić information content (AvgIpc) is 3.09. The van der Waals surface area contributed by atoms with E-state index in [0.29, 0.717) is 12.2 Å². The van der Waals surface area contributed by atoms with Gasteiger partial charge in [-0.3, -0.25) is 14.2 Å². The first-order valence-electron chi connectivity index (χ1n) is 8.53. The highest BCUT2D eigenvalue weighted by molar-refractivity contribution is 5.92. The predicted octanol–water partition coefficient (Wildman–Crippen LogP) is 2.50. The van der Waals surface area contributed by atoms with Crippen molar-refractivity contribution in [2.75, 3.05) is 6.54 Å². The first kappa shape index (κ1) is 15.7. The highest BCUT2D eigenvalue weighted by Crippen LogP contribution is 2.31. The number of piperidine rings is 1. The number of nitrogens with zero attached hydrogens (tertiary/aromatic N) is 6. The fraction of sp³-hybridized carbons (Fsp3) is 0.389. The van der Waals surface area contributed by atoms with Crippen molar-refractivity contribution in [2.24, 2.45) is 0 Å². The Morgan fingerprint density at radius 1 is 1.12 bits per heavy atom. The summed E-state index contributed by atoms with van der Waals surface area (Å²) < 4.78 is 1.98. The molecule has 7 nitrogen and oxygen atoms in total. The van der Waals surface area contributed by atoms with Crippen LogP contribution >= 0.6 is 0 Å². The van der Waals surface area contributed by atoms with Crippen LogP contribution in [0.3, 0.4) is 0 Å². The highest BCUT2D eigenvalue weighted by Gasteiger charge is 2.32. The van der Waals surface area contributed by atoms with Gasteiger partial charge in [-0.05, 0) is 39.2 Å². The average molecular weight is 336 g/mol. The smallest absolute Gasteiger partial charge is 0.274 e. The van der Waals surface area contributed by atoms with Crippen molar-refractivity contribution >= 4 is 11.4 Å². The van der Waals surface area contributed by atoms with Gasteiger partial charge in [-0.25, -0.2) is 15.0 Å². The number of hydrogen-bond donors (Lipinski definition) is 0. The number of amides is 1. The molecule has 1 atom stereocenters. The van der Waals surface area contributed by atoms with Crippen LogP contribution in [0.5, 0.6) is 0 Å². The van der Waals surface area contributed by atoms with Crippen LogP contribution in [0.2, 0.25) is 0 Å². The molecule has 3 aromatic rings. The molecule has 1 aliphatic heterocycles. The van der Waals surface area contributed by atoms with Crippen molar-refractivity contribution in [2.45, 2.75) is 39.2 Å². The number of fused-ring (bicyclic) bond motifs is 1. The molecule has 1 saturated heterocycles. The Morgan fingerprint density at radius 2 is 2.00 bits per heavy atom. The standard InChI is InChI=1S/C18H20N6O/c1-12-7-14-9-19-11-24(14)17(22-12)16-5-3-4-6-23(16)18(25)15-10-20-13(2)8-21-15/h7-11,16H,3-6H2,1-2H3/t16-/m0/s1. The van der Waals surface area contributed by atoms with E-state index in [1.54, 1.807) is 18.7 Å². The maximum atomic E-state index is 13.0. The Kier molecular flexibility index (Phi) is 3.91. The monoisotopic (exact) mass is 336 g/mol. The van der Waals surface area contributed by atoms with Crippen LogP contribution in [0.1, 0.15) is 53.0 Å². The van der Waals surface area contributed by atoms with Gasteiger partial charge in [0.25, 0.3) is 5.91 Å². The summed E-state index contributed by atoms with van der Waals surface area (Å²) in [4.78, 5) is 32.3. The summed E-state index contributed by atoms with van der Waals surface area (Å²) in [7, 11) is 0. The lowest BCUT2D eigenvalue weighted by Gasteiger charge is -2.35. The molecule has 1 amide bonds. The third-order valence-electron chi connectivity index (χ3n) is 4.62. The number of hydrogen-bond acceptors (Lipinski definition) is 5. The van der Waals surface area contributed by atoms with Gasteiger partial charge >= 0.3 is 0 Å². The molecule has 4 rings (SSSR count). The molecule has 0 aromatic carbocycles. The zero-order valence-electron chi connectivity index (χ0n) is 14.4. The molecular weight excluding hydrogens is 316 g/mol. The zero-order valence-corrected chi connectivity index (χ0v) is 14.4. The van der Waals surface area contributed by atoms with Gasteiger partial charge in [0.2, 0.25) is 0 Å². The van der Waals surface area contributed by atoms with Gasteiger partial charge in [0, 0.05) is 18.4 Å². The molecule has 0 N–H and O–H groups in total. The molecule has 25 heavy (non-hydrogen) atoms. The van der Waals surface area contributed by atoms with Crippen molar-refractivity contribution in [3.63, 3.8) is 0 Å². The molecule has 3 aromatic heterocycles. The summed E-state index contributed by atoms with van der Waals surface area (Å²) in [6, 6.07) is 1.91. The van der Waals surface area contributed by atoms with Crippen LogP contribution in [0.4, 0.5) is 0 Å². The van der Waals surface area contributed by atoms with Crippen molar-refractivity contribution in [3.8, 4) is 0 Å². The minimum absolute atomic E-state index is 0.0825. The Labute approximate surface area is 145 Å². The van der Waals surface area contributed by atoms with Crippen molar-refractivity contribution < 1.29 is 4.79 Å². The molecule has 7 heteroatoms. The summed E-state index contributed by atoms with van der Waals surface area (Å²) >= 11 is 0. The van der Waals surface area contributed by atoms with Gasteiger partial charge in [-0.1, -0.05) is 0 Å². The second-order valence-corrected chi connectivity index (χ2v) is 6.50. The Hall–Kier alpha value is -2.83. The lowest BCUT2D eigenvalue weighted by Crippen LogP contribution is -2.40. The molecule has 0 radical (unpaired) electrons. The summed E-state index contributed by atoms with van der Waals surface area (Å²) in [6.45, 7) is 4.53. The van der Waals surface area contributed by atoms with Gasteiger partial charge in [-0.15, -0.1) is 0 Å². The van der Waals surface area contributed by atoms with Crippen molar-refractivity contribution in [1.29, 1.82) is 0 Å². The van der Waals surface area contributed by atoms with Crippen LogP contribution < -0.4 is 0 Å². The number of aryl methyl sites for hydroxylation is 2. The Bertz CT molecular complexity index is 917. The van der Waals surface area contributed by atoms with Crippen LogP contribution in [-0.4, -0.2) is 41.7 Å².